The number of hydrogen-bond donors (Lipinski definition) is 1. The number of amides is 2. The van der Waals surface area contributed by atoms with Gasteiger partial charge in [-0.3, -0.25) is 19.7 Å². The zero-order chi connectivity index (χ0) is 21.7. The number of anilines is 2. The Kier molecular flexibility index (Phi) is 6.66. The van der Waals surface area contributed by atoms with Gasteiger partial charge in [0.1, 0.15) is 5.69 Å². The average molecular weight is 410 g/mol. The summed E-state index contributed by atoms with van der Waals surface area (Å²) in [5, 5.41) is 14.1. The van der Waals surface area contributed by atoms with Gasteiger partial charge in [-0.1, -0.05) is 29.8 Å². The van der Waals surface area contributed by atoms with Crippen LogP contribution in [-0.2, 0) is 9.59 Å². The van der Waals surface area contributed by atoms with Crippen molar-refractivity contribution in [2.75, 3.05) is 36.9 Å². The van der Waals surface area contributed by atoms with Crippen molar-refractivity contribution in [1.82, 2.24) is 4.90 Å². The summed E-state index contributed by atoms with van der Waals surface area (Å²) in [5.41, 5.74) is 2.46. The van der Waals surface area contributed by atoms with Crippen LogP contribution < -0.4 is 10.2 Å². The molecule has 8 nitrogen and oxygen atoms in total. The van der Waals surface area contributed by atoms with Crippen LogP contribution in [0.15, 0.2) is 48.5 Å². The van der Waals surface area contributed by atoms with Gasteiger partial charge in [0.05, 0.1) is 11.5 Å². The van der Waals surface area contributed by atoms with Gasteiger partial charge in [-0.2, -0.15) is 0 Å². The molecule has 8 heteroatoms. The highest BCUT2D eigenvalue weighted by Gasteiger charge is 2.30. The topological polar surface area (TPSA) is 95.8 Å². The fourth-order valence-electron chi connectivity index (χ4n) is 3.70. The number of nitrogens with one attached hydrogen (secondary N) is 1. The summed E-state index contributed by atoms with van der Waals surface area (Å²) in [6.45, 7) is 3.08. The van der Waals surface area contributed by atoms with Gasteiger partial charge in [0.25, 0.3) is 5.69 Å². The van der Waals surface area contributed by atoms with Crippen molar-refractivity contribution in [3.8, 4) is 0 Å². The lowest BCUT2D eigenvalue weighted by molar-refractivity contribution is -0.384. The van der Waals surface area contributed by atoms with Gasteiger partial charge in [-0.05, 0) is 38.0 Å². The van der Waals surface area contributed by atoms with Crippen molar-refractivity contribution < 1.29 is 14.5 Å². The summed E-state index contributed by atoms with van der Waals surface area (Å²) in [7, 11) is 1.63. The van der Waals surface area contributed by atoms with E-state index in [-0.39, 0.29) is 34.9 Å². The molecule has 0 radical (unpaired) electrons. The minimum atomic E-state index is -0.382. The van der Waals surface area contributed by atoms with Crippen molar-refractivity contribution in [3.05, 3.63) is 64.2 Å². The predicted molar refractivity (Wildman–Crippen MR) is 115 cm³/mol. The van der Waals surface area contributed by atoms with Crippen LogP contribution in [0.4, 0.5) is 17.1 Å². The Labute approximate surface area is 175 Å². The summed E-state index contributed by atoms with van der Waals surface area (Å²) in [6, 6.07) is 14.1. The smallest absolute Gasteiger partial charge is 0.292 e. The van der Waals surface area contributed by atoms with Crippen molar-refractivity contribution >= 4 is 28.9 Å². The molecule has 2 aromatic carbocycles. The summed E-state index contributed by atoms with van der Waals surface area (Å²) in [6.07, 6.45) is 1.18. The SMILES string of the molecule is Cc1ccc(NC(=O)CN(C)C(=O)C2CCN(c3ccccc3[N+](=O)[O-])CC2)cc1. The molecule has 0 unspecified atom stereocenters. The Bertz CT molecular complexity index is 921. The van der Waals surface area contributed by atoms with Crippen LogP contribution >= 0.6 is 0 Å². The van der Waals surface area contributed by atoms with Crippen molar-refractivity contribution in [2.24, 2.45) is 5.92 Å². The standard InChI is InChI=1S/C22H26N4O4/c1-16-7-9-18(10-8-16)23-21(27)15-24(2)22(28)17-11-13-25(14-12-17)19-5-3-4-6-20(19)26(29)30/h3-10,17H,11-15H2,1-2H3,(H,23,27). The Hall–Kier alpha value is -3.42. The maximum Gasteiger partial charge on any atom is 0.292 e. The third-order valence-corrected chi connectivity index (χ3v) is 5.36. The summed E-state index contributed by atoms with van der Waals surface area (Å²) < 4.78 is 0. The fourth-order valence-corrected chi connectivity index (χ4v) is 3.70. The molecule has 0 spiro atoms. The summed E-state index contributed by atoms with van der Waals surface area (Å²) in [4.78, 5) is 39.3. The maximum absolute atomic E-state index is 12.8. The van der Waals surface area contributed by atoms with E-state index in [2.05, 4.69) is 5.32 Å². The van der Waals surface area contributed by atoms with E-state index < -0.39 is 0 Å². The van der Waals surface area contributed by atoms with E-state index >= 15 is 0 Å². The van der Waals surface area contributed by atoms with E-state index in [1.807, 2.05) is 36.1 Å². The second-order valence-electron chi connectivity index (χ2n) is 7.62. The Morgan fingerprint density at radius 1 is 1.13 bits per heavy atom. The normalized spacial score (nSPS) is 14.3. The average Bonchev–Trinajstić information content (AvgIpc) is 2.75. The molecule has 30 heavy (non-hydrogen) atoms. The molecule has 1 aliphatic rings. The van der Waals surface area contributed by atoms with Crippen LogP contribution in [0.5, 0.6) is 0 Å². The first kappa shape index (κ1) is 21.3. The van der Waals surface area contributed by atoms with Crippen molar-refractivity contribution in [3.63, 3.8) is 0 Å². The van der Waals surface area contributed by atoms with E-state index in [4.69, 9.17) is 0 Å². The largest absolute Gasteiger partial charge is 0.366 e. The third kappa shape index (κ3) is 5.14. The Morgan fingerprint density at radius 3 is 2.40 bits per heavy atom. The number of aryl methyl sites for hydroxylation is 1. The Balaban J connectivity index is 1.52. The van der Waals surface area contributed by atoms with Crippen LogP contribution in [0.2, 0.25) is 0 Å². The first-order valence-electron chi connectivity index (χ1n) is 9.95. The number of carbonyl (C=O) groups is 2. The van der Waals surface area contributed by atoms with Crippen LogP contribution in [0.3, 0.4) is 0 Å². The minimum Gasteiger partial charge on any atom is -0.366 e. The molecular formula is C22H26N4O4. The van der Waals surface area contributed by atoms with Crippen molar-refractivity contribution in [1.29, 1.82) is 0 Å². The number of nitro groups is 1. The molecule has 158 valence electrons. The number of rotatable bonds is 6. The first-order valence-corrected chi connectivity index (χ1v) is 9.95. The molecular weight excluding hydrogens is 384 g/mol. The number of para-hydroxylation sites is 2. The lowest BCUT2D eigenvalue weighted by atomic mass is 9.95. The molecule has 1 aliphatic heterocycles. The van der Waals surface area contributed by atoms with Gasteiger partial charge >= 0.3 is 0 Å². The van der Waals surface area contributed by atoms with Gasteiger partial charge in [-0.25, -0.2) is 0 Å². The molecule has 0 aliphatic carbocycles. The van der Waals surface area contributed by atoms with Crippen LogP contribution in [0.25, 0.3) is 0 Å². The molecule has 0 bridgehead atoms. The zero-order valence-corrected chi connectivity index (χ0v) is 17.2. The van der Waals surface area contributed by atoms with Gasteiger partial charge < -0.3 is 15.1 Å². The van der Waals surface area contributed by atoms with Crippen LogP contribution in [0, 0.1) is 23.0 Å². The van der Waals surface area contributed by atoms with Gasteiger partial charge in [0, 0.05) is 37.8 Å². The summed E-state index contributed by atoms with van der Waals surface area (Å²) >= 11 is 0. The molecule has 0 atom stereocenters. The second kappa shape index (κ2) is 9.39. The minimum absolute atomic E-state index is 0.0168. The third-order valence-electron chi connectivity index (χ3n) is 5.36. The first-order chi connectivity index (χ1) is 14.3. The van der Waals surface area contributed by atoms with E-state index in [0.717, 1.165) is 5.56 Å². The summed E-state index contributed by atoms with van der Waals surface area (Å²) in [5.74, 6) is -0.510. The molecule has 1 heterocycles. The second-order valence-corrected chi connectivity index (χ2v) is 7.62. The highest BCUT2D eigenvalue weighted by molar-refractivity contribution is 5.94. The molecule has 1 N–H and O–H groups in total. The molecule has 1 fully saturated rings. The number of nitrogens with zero attached hydrogens (tertiary/aromatic N) is 3. The van der Waals surface area contributed by atoms with E-state index in [0.29, 0.717) is 37.3 Å². The maximum atomic E-state index is 12.8. The number of likely N-dealkylation sites (N-methyl/N-ethyl adjacent to an activating group) is 1. The van der Waals surface area contributed by atoms with Gasteiger partial charge in [-0.15, -0.1) is 0 Å². The van der Waals surface area contributed by atoms with Gasteiger partial charge in [0.15, 0.2) is 0 Å². The highest BCUT2D eigenvalue weighted by Crippen LogP contribution is 2.31. The number of carbonyl (C=O) groups excluding carboxylic acids is 2. The van der Waals surface area contributed by atoms with Crippen LogP contribution in [0.1, 0.15) is 18.4 Å². The van der Waals surface area contributed by atoms with E-state index in [1.54, 1.807) is 25.2 Å². The molecule has 3 rings (SSSR count). The quantitative estimate of drug-likeness (QED) is 0.583. The fraction of sp³-hybridized carbons (Fsp3) is 0.364. The van der Waals surface area contributed by atoms with Crippen LogP contribution in [-0.4, -0.2) is 48.3 Å². The Morgan fingerprint density at radius 2 is 1.77 bits per heavy atom. The van der Waals surface area contributed by atoms with Crippen molar-refractivity contribution in [2.45, 2.75) is 19.8 Å². The number of benzene rings is 2. The number of hydrogen-bond acceptors (Lipinski definition) is 5. The molecule has 2 aromatic rings. The lowest BCUT2D eigenvalue weighted by Crippen LogP contribution is -2.43. The van der Waals surface area contributed by atoms with Gasteiger partial charge in [0.2, 0.25) is 11.8 Å². The van der Waals surface area contributed by atoms with E-state index in [1.165, 1.54) is 11.0 Å². The molecule has 0 aromatic heterocycles. The predicted octanol–water partition coefficient (Wildman–Crippen LogP) is 3.22. The zero-order valence-electron chi connectivity index (χ0n) is 17.2. The lowest BCUT2D eigenvalue weighted by Gasteiger charge is -2.34. The number of piperidine rings is 1. The molecule has 2 amide bonds. The van der Waals surface area contributed by atoms with E-state index in [9.17, 15) is 19.7 Å². The monoisotopic (exact) mass is 410 g/mol. The number of nitro benzene ring substituents is 1. The highest BCUT2D eigenvalue weighted by atomic mass is 16.6. The molecule has 0 saturated carbocycles. The molecule has 1 saturated heterocycles.